The number of hydrogen-bond acceptors (Lipinski definition) is 5. The summed E-state index contributed by atoms with van der Waals surface area (Å²) in [5.74, 6) is -0.550. The van der Waals surface area contributed by atoms with Crippen molar-refractivity contribution in [2.24, 2.45) is 15.9 Å². The fourth-order valence-corrected chi connectivity index (χ4v) is 3.66. The molecule has 1 heterocycles. The van der Waals surface area contributed by atoms with E-state index in [4.69, 9.17) is 5.73 Å². The summed E-state index contributed by atoms with van der Waals surface area (Å²) in [4.78, 5) is 26.1. The number of nitrogens with two attached hydrogens (primary N) is 1. The van der Waals surface area contributed by atoms with Crippen molar-refractivity contribution in [3.63, 3.8) is 0 Å². The molecule has 2 N–H and O–H groups in total. The summed E-state index contributed by atoms with van der Waals surface area (Å²) in [5.41, 5.74) is 8.11. The molecule has 6 nitrogen and oxygen atoms in total. The highest BCUT2D eigenvalue weighted by molar-refractivity contribution is 9.10. The molecule has 0 aromatic heterocycles. The second kappa shape index (κ2) is 8.49. The van der Waals surface area contributed by atoms with Gasteiger partial charge in [-0.05, 0) is 36.8 Å². The molecule has 8 heteroatoms. The van der Waals surface area contributed by atoms with Crippen molar-refractivity contribution in [2.75, 3.05) is 4.90 Å². The third kappa shape index (κ3) is 4.64. The van der Waals surface area contributed by atoms with Crippen LogP contribution in [0.4, 0.5) is 5.69 Å². The van der Waals surface area contributed by atoms with Crippen LogP contribution in [0.25, 0.3) is 0 Å². The number of carbonyl (C=O) groups is 2. The Balaban J connectivity index is 1.69. The van der Waals surface area contributed by atoms with Gasteiger partial charge in [-0.3, -0.25) is 9.59 Å². The second-order valence-electron chi connectivity index (χ2n) is 5.84. The van der Waals surface area contributed by atoms with Crippen LogP contribution in [-0.4, -0.2) is 27.9 Å². The molecule has 1 aliphatic heterocycles. The molecule has 2 amide bonds. The smallest absolute Gasteiger partial charge is 0.247 e. The van der Waals surface area contributed by atoms with Gasteiger partial charge < -0.3 is 5.73 Å². The number of nitrogens with zero attached hydrogens (tertiary/aromatic N) is 3. The monoisotopic (exact) mass is 444 g/mol. The predicted octanol–water partition coefficient (Wildman–Crippen LogP) is 3.55. The number of rotatable bonds is 4. The van der Waals surface area contributed by atoms with Crippen LogP contribution < -0.4 is 10.6 Å². The Morgan fingerprint density at radius 1 is 1.11 bits per heavy atom. The van der Waals surface area contributed by atoms with Crippen molar-refractivity contribution in [1.29, 1.82) is 0 Å². The largest absolute Gasteiger partial charge is 0.377 e. The number of benzene rings is 2. The maximum absolute atomic E-state index is 12.6. The van der Waals surface area contributed by atoms with Crippen LogP contribution in [-0.2, 0) is 9.59 Å². The zero-order chi connectivity index (χ0) is 19.4. The maximum Gasteiger partial charge on any atom is 0.247 e. The molecule has 27 heavy (non-hydrogen) atoms. The van der Waals surface area contributed by atoms with Crippen LogP contribution in [0.15, 0.2) is 69.3 Å². The van der Waals surface area contributed by atoms with Crippen LogP contribution in [0.2, 0.25) is 0 Å². The van der Waals surface area contributed by atoms with E-state index in [9.17, 15) is 9.59 Å². The van der Waals surface area contributed by atoms with E-state index in [1.165, 1.54) is 4.90 Å². The normalized spacial score (nSPS) is 18.3. The molecule has 0 radical (unpaired) electrons. The van der Waals surface area contributed by atoms with Crippen LogP contribution in [0.5, 0.6) is 0 Å². The lowest BCUT2D eigenvalue weighted by atomic mass is 10.1. The summed E-state index contributed by atoms with van der Waals surface area (Å²) in [6.07, 6.45) is 0.0805. The van der Waals surface area contributed by atoms with Crippen LogP contribution in [0, 0.1) is 0 Å². The Hall–Kier alpha value is -2.45. The van der Waals surface area contributed by atoms with E-state index in [1.54, 1.807) is 24.3 Å². The Bertz CT molecular complexity index is 913. The van der Waals surface area contributed by atoms with Gasteiger partial charge in [-0.1, -0.05) is 58.0 Å². The Morgan fingerprint density at radius 2 is 1.78 bits per heavy atom. The van der Waals surface area contributed by atoms with E-state index in [1.807, 2.05) is 37.3 Å². The number of halogens is 1. The van der Waals surface area contributed by atoms with Crippen LogP contribution >= 0.6 is 27.7 Å². The molecule has 0 saturated carbocycles. The lowest BCUT2D eigenvalue weighted by Gasteiger charge is -2.14. The van der Waals surface area contributed by atoms with Gasteiger partial charge in [0.1, 0.15) is 5.25 Å². The number of amides is 2. The second-order valence-corrected chi connectivity index (χ2v) is 7.98. The van der Waals surface area contributed by atoms with Crippen LogP contribution in [0.1, 0.15) is 18.9 Å². The molecule has 1 aliphatic rings. The van der Waals surface area contributed by atoms with E-state index >= 15 is 0 Å². The lowest BCUT2D eigenvalue weighted by molar-refractivity contribution is -0.121. The van der Waals surface area contributed by atoms with E-state index in [0.717, 1.165) is 21.8 Å². The van der Waals surface area contributed by atoms with Gasteiger partial charge in [-0.15, -0.1) is 5.10 Å². The van der Waals surface area contributed by atoms with Gasteiger partial charge in [0.2, 0.25) is 11.8 Å². The first-order chi connectivity index (χ1) is 13.0. The average Bonchev–Trinajstić information content (AvgIpc) is 2.94. The van der Waals surface area contributed by atoms with Crippen molar-refractivity contribution in [2.45, 2.75) is 18.6 Å². The van der Waals surface area contributed by atoms with Crippen molar-refractivity contribution < 1.29 is 9.59 Å². The molecule has 0 spiro atoms. The molecule has 2 aromatic carbocycles. The molecule has 0 bridgehead atoms. The number of anilines is 1. The number of carbonyl (C=O) groups excluding carboxylic acids is 2. The van der Waals surface area contributed by atoms with Gasteiger partial charge >= 0.3 is 0 Å². The highest BCUT2D eigenvalue weighted by atomic mass is 79.9. The fraction of sp³-hybridized carbons (Fsp3) is 0.158. The SMILES string of the molecule is C/C(=N/N=C(N)S[C@H]1CC(=O)N(c2ccc(Br)cc2)C1=O)c1ccccc1. The molecular formula is C19H17BrN4O2S. The van der Waals surface area contributed by atoms with Crippen LogP contribution in [0.3, 0.4) is 0 Å². The quantitative estimate of drug-likeness (QED) is 0.338. The summed E-state index contributed by atoms with van der Waals surface area (Å²) in [6.45, 7) is 1.83. The summed E-state index contributed by atoms with van der Waals surface area (Å²) in [7, 11) is 0. The first-order valence-corrected chi connectivity index (χ1v) is 9.85. The molecular weight excluding hydrogens is 428 g/mol. The molecule has 1 atom stereocenters. The summed E-state index contributed by atoms with van der Waals surface area (Å²) < 4.78 is 0.874. The van der Waals surface area contributed by atoms with E-state index in [2.05, 4.69) is 26.1 Å². The maximum atomic E-state index is 12.6. The summed E-state index contributed by atoms with van der Waals surface area (Å²) in [5, 5.41) is 7.65. The molecule has 138 valence electrons. The zero-order valence-electron chi connectivity index (χ0n) is 14.5. The number of amidine groups is 1. The van der Waals surface area contributed by atoms with Gasteiger partial charge in [0.15, 0.2) is 5.17 Å². The number of thioether (sulfide) groups is 1. The van der Waals surface area contributed by atoms with Crippen molar-refractivity contribution >= 4 is 56.1 Å². The highest BCUT2D eigenvalue weighted by Gasteiger charge is 2.40. The fourth-order valence-electron chi connectivity index (χ4n) is 2.59. The molecule has 3 rings (SSSR count). The van der Waals surface area contributed by atoms with Crippen molar-refractivity contribution in [3.8, 4) is 0 Å². The molecule has 2 aromatic rings. The predicted molar refractivity (Wildman–Crippen MR) is 113 cm³/mol. The number of imide groups is 1. The molecule has 0 aliphatic carbocycles. The third-order valence-corrected chi connectivity index (χ3v) is 5.45. The topological polar surface area (TPSA) is 88.1 Å². The van der Waals surface area contributed by atoms with Gasteiger partial charge in [0.05, 0.1) is 11.4 Å². The Labute approximate surface area is 169 Å². The average molecular weight is 445 g/mol. The first kappa shape index (κ1) is 19.3. The van der Waals surface area contributed by atoms with E-state index < -0.39 is 5.25 Å². The number of hydrogen-bond donors (Lipinski definition) is 1. The minimum atomic E-state index is -0.600. The first-order valence-electron chi connectivity index (χ1n) is 8.18. The molecule has 1 fully saturated rings. The molecule has 0 unspecified atom stereocenters. The van der Waals surface area contributed by atoms with Crippen molar-refractivity contribution in [3.05, 3.63) is 64.6 Å². The zero-order valence-corrected chi connectivity index (χ0v) is 16.9. The Morgan fingerprint density at radius 3 is 2.44 bits per heavy atom. The minimum Gasteiger partial charge on any atom is -0.377 e. The van der Waals surface area contributed by atoms with E-state index in [0.29, 0.717) is 11.4 Å². The minimum absolute atomic E-state index is 0.0805. The third-order valence-electron chi connectivity index (χ3n) is 3.94. The van der Waals surface area contributed by atoms with Gasteiger partial charge in [-0.2, -0.15) is 5.10 Å². The van der Waals surface area contributed by atoms with Gasteiger partial charge in [-0.25, -0.2) is 4.90 Å². The Kier molecular flexibility index (Phi) is 6.08. The standard InChI is InChI=1S/C19H17BrN4O2S/c1-12(13-5-3-2-4-6-13)22-23-19(21)27-16-11-17(25)24(18(16)26)15-9-7-14(20)8-10-15/h2-10,16H,11H2,1H3,(H2,21,23)/b22-12-/t16-/m0/s1. The lowest BCUT2D eigenvalue weighted by Crippen LogP contribution is -2.31. The van der Waals surface area contributed by atoms with Gasteiger partial charge in [0, 0.05) is 10.9 Å². The van der Waals surface area contributed by atoms with E-state index in [-0.39, 0.29) is 23.4 Å². The highest BCUT2D eigenvalue weighted by Crippen LogP contribution is 2.30. The molecule has 1 saturated heterocycles. The summed E-state index contributed by atoms with van der Waals surface area (Å²) >= 11 is 4.39. The van der Waals surface area contributed by atoms with Crippen molar-refractivity contribution in [1.82, 2.24) is 0 Å². The van der Waals surface area contributed by atoms with Gasteiger partial charge in [0.25, 0.3) is 0 Å². The summed E-state index contributed by atoms with van der Waals surface area (Å²) in [6, 6.07) is 16.6.